The molecular formula is C19H22N2O. The fraction of sp³-hybridized carbons (Fsp3) is 0.316. The van der Waals surface area contributed by atoms with Gasteiger partial charge >= 0.3 is 0 Å². The molecule has 3 heteroatoms. The average molecular weight is 294 g/mol. The molecule has 2 aromatic carbocycles. The molecule has 2 unspecified atom stereocenters. The van der Waals surface area contributed by atoms with Gasteiger partial charge in [0.25, 0.3) is 0 Å². The third kappa shape index (κ3) is 2.77. The molecule has 22 heavy (non-hydrogen) atoms. The van der Waals surface area contributed by atoms with Crippen LogP contribution in [0.5, 0.6) is 0 Å². The Bertz CT molecular complexity index is 748. The number of aliphatic hydroxyl groups excluding tert-OH is 1. The maximum Gasteiger partial charge on any atom is 0.143 e. The van der Waals surface area contributed by atoms with Crippen LogP contribution in [0.15, 0.2) is 54.6 Å². The molecule has 114 valence electrons. The molecule has 0 aliphatic carbocycles. The van der Waals surface area contributed by atoms with Crippen LogP contribution in [-0.2, 0) is 6.54 Å². The summed E-state index contributed by atoms with van der Waals surface area (Å²) in [6.07, 6.45) is 0.408. The van der Waals surface area contributed by atoms with E-state index in [1.165, 1.54) is 0 Å². The predicted molar refractivity (Wildman–Crippen MR) is 89.7 cm³/mol. The van der Waals surface area contributed by atoms with E-state index in [1.807, 2.05) is 48.5 Å². The highest BCUT2D eigenvalue weighted by atomic mass is 16.3. The minimum atomic E-state index is -0.697. The Morgan fingerprint density at radius 1 is 1.05 bits per heavy atom. The third-order valence-electron chi connectivity index (χ3n) is 4.24. The minimum absolute atomic E-state index is 0.541. The van der Waals surface area contributed by atoms with E-state index >= 15 is 0 Å². The first-order valence-corrected chi connectivity index (χ1v) is 7.89. The van der Waals surface area contributed by atoms with E-state index < -0.39 is 6.10 Å². The fourth-order valence-corrected chi connectivity index (χ4v) is 2.72. The number of nitrogens with zero attached hydrogens (tertiary/aromatic N) is 2. The van der Waals surface area contributed by atoms with Crippen molar-refractivity contribution in [3.05, 3.63) is 66.0 Å². The van der Waals surface area contributed by atoms with Gasteiger partial charge in [0.2, 0.25) is 0 Å². The van der Waals surface area contributed by atoms with E-state index in [-0.39, 0.29) is 0 Å². The Kier molecular flexibility index (Phi) is 4.25. The zero-order valence-electron chi connectivity index (χ0n) is 13.1. The van der Waals surface area contributed by atoms with Crippen molar-refractivity contribution in [2.24, 2.45) is 5.92 Å². The lowest BCUT2D eigenvalue weighted by Crippen LogP contribution is -2.14. The van der Waals surface area contributed by atoms with Crippen LogP contribution in [0.1, 0.15) is 37.8 Å². The van der Waals surface area contributed by atoms with Crippen LogP contribution in [0.2, 0.25) is 0 Å². The van der Waals surface area contributed by atoms with E-state index in [2.05, 4.69) is 29.5 Å². The molecule has 0 aliphatic heterocycles. The molecule has 0 spiro atoms. The molecular weight excluding hydrogens is 272 g/mol. The molecule has 2 atom stereocenters. The van der Waals surface area contributed by atoms with Gasteiger partial charge in [-0.3, -0.25) is 0 Å². The minimum Gasteiger partial charge on any atom is -0.380 e. The van der Waals surface area contributed by atoms with Gasteiger partial charge in [-0.15, -0.1) is 0 Å². The monoisotopic (exact) mass is 294 g/mol. The van der Waals surface area contributed by atoms with E-state index in [0.29, 0.717) is 5.92 Å². The summed E-state index contributed by atoms with van der Waals surface area (Å²) in [7, 11) is 0. The smallest absolute Gasteiger partial charge is 0.143 e. The summed E-state index contributed by atoms with van der Waals surface area (Å²) in [5.74, 6) is 1.27. The number of imidazole rings is 1. The van der Waals surface area contributed by atoms with E-state index in [4.69, 9.17) is 0 Å². The normalized spacial score (nSPS) is 14.1. The van der Waals surface area contributed by atoms with Crippen molar-refractivity contribution < 1.29 is 5.11 Å². The van der Waals surface area contributed by atoms with E-state index in [9.17, 15) is 5.11 Å². The Morgan fingerprint density at radius 2 is 1.73 bits per heavy atom. The van der Waals surface area contributed by atoms with Gasteiger partial charge < -0.3 is 9.67 Å². The highest BCUT2D eigenvalue weighted by molar-refractivity contribution is 5.76. The summed E-state index contributed by atoms with van der Waals surface area (Å²) >= 11 is 0. The van der Waals surface area contributed by atoms with Gasteiger partial charge in [-0.2, -0.15) is 0 Å². The molecule has 0 amide bonds. The Morgan fingerprint density at radius 3 is 2.45 bits per heavy atom. The lowest BCUT2D eigenvalue weighted by Gasteiger charge is -2.17. The molecule has 1 heterocycles. The Balaban J connectivity index is 2.09. The fourth-order valence-electron chi connectivity index (χ4n) is 2.72. The first kappa shape index (κ1) is 14.8. The first-order valence-electron chi connectivity index (χ1n) is 7.89. The van der Waals surface area contributed by atoms with Gasteiger partial charge in [0, 0.05) is 6.54 Å². The van der Waals surface area contributed by atoms with Gasteiger partial charge in [0.1, 0.15) is 11.9 Å². The predicted octanol–water partition coefficient (Wildman–Crippen LogP) is 4.16. The number of hydrogen-bond donors (Lipinski definition) is 1. The third-order valence-corrected chi connectivity index (χ3v) is 4.24. The topological polar surface area (TPSA) is 38.0 Å². The highest BCUT2D eigenvalue weighted by Gasteiger charge is 2.20. The highest BCUT2D eigenvalue weighted by Crippen LogP contribution is 2.26. The molecule has 3 aromatic rings. The van der Waals surface area contributed by atoms with Crippen molar-refractivity contribution in [3.8, 4) is 0 Å². The molecule has 0 bridgehead atoms. The number of aromatic nitrogens is 2. The summed E-state index contributed by atoms with van der Waals surface area (Å²) < 4.78 is 2.17. The van der Waals surface area contributed by atoms with Crippen LogP contribution in [0.25, 0.3) is 11.0 Å². The SMILES string of the molecule is CCC(C)Cn1c(C(O)c2ccccc2)nc2ccccc21. The second-order valence-corrected chi connectivity index (χ2v) is 5.90. The van der Waals surface area contributed by atoms with Gasteiger partial charge in [0.05, 0.1) is 11.0 Å². The summed E-state index contributed by atoms with van der Waals surface area (Å²) in [5.41, 5.74) is 2.91. The van der Waals surface area contributed by atoms with Crippen LogP contribution < -0.4 is 0 Å². The molecule has 1 aromatic heterocycles. The molecule has 3 rings (SSSR count). The number of aliphatic hydroxyl groups is 1. The lowest BCUT2D eigenvalue weighted by atomic mass is 10.1. The van der Waals surface area contributed by atoms with Gasteiger partial charge in [-0.25, -0.2) is 4.98 Å². The van der Waals surface area contributed by atoms with Gasteiger partial charge in [-0.1, -0.05) is 62.7 Å². The lowest BCUT2D eigenvalue weighted by molar-refractivity contribution is 0.203. The zero-order valence-corrected chi connectivity index (χ0v) is 13.1. The number of para-hydroxylation sites is 2. The number of rotatable bonds is 5. The second kappa shape index (κ2) is 6.32. The van der Waals surface area contributed by atoms with Crippen LogP contribution in [0.3, 0.4) is 0 Å². The maximum atomic E-state index is 10.8. The quantitative estimate of drug-likeness (QED) is 0.767. The molecule has 3 nitrogen and oxygen atoms in total. The van der Waals surface area contributed by atoms with Crippen molar-refractivity contribution in [3.63, 3.8) is 0 Å². The Labute approximate surface area is 131 Å². The van der Waals surface area contributed by atoms with Crippen molar-refractivity contribution in [2.75, 3.05) is 0 Å². The van der Waals surface area contributed by atoms with Gasteiger partial charge in [0.15, 0.2) is 0 Å². The van der Waals surface area contributed by atoms with Crippen LogP contribution in [0.4, 0.5) is 0 Å². The summed E-state index contributed by atoms with van der Waals surface area (Å²) in [6.45, 7) is 5.29. The number of hydrogen-bond acceptors (Lipinski definition) is 2. The van der Waals surface area contributed by atoms with Crippen molar-refractivity contribution in [1.29, 1.82) is 0 Å². The average Bonchev–Trinajstić information content (AvgIpc) is 2.93. The van der Waals surface area contributed by atoms with E-state index in [0.717, 1.165) is 35.4 Å². The van der Waals surface area contributed by atoms with Crippen LogP contribution in [0, 0.1) is 5.92 Å². The number of benzene rings is 2. The molecule has 0 fully saturated rings. The van der Waals surface area contributed by atoms with Crippen molar-refractivity contribution in [1.82, 2.24) is 9.55 Å². The summed E-state index contributed by atoms with van der Waals surface area (Å²) in [6, 6.07) is 17.8. The molecule has 0 saturated heterocycles. The molecule has 0 radical (unpaired) electrons. The van der Waals surface area contributed by atoms with Crippen molar-refractivity contribution >= 4 is 11.0 Å². The molecule has 1 N–H and O–H groups in total. The Hall–Kier alpha value is -2.13. The number of fused-ring (bicyclic) bond motifs is 1. The second-order valence-electron chi connectivity index (χ2n) is 5.90. The molecule has 0 aliphatic rings. The summed E-state index contributed by atoms with van der Waals surface area (Å²) in [4.78, 5) is 4.69. The largest absolute Gasteiger partial charge is 0.380 e. The van der Waals surface area contributed by atoms with Gasteiger partial charge in [-0.05, 0) is 23.6 Å². The van der Waals surface area contributed by atoms with Crippen LogP contribution >= 0.6 is 0 Å². The van der Waals surface area contributed by atoms with Crippen LogP contribution in [-0.4, -0.2) is 14.7 Å². The zero-order chi connectivity index (χ0) is 15.5. The first-order chi connectivity index (χ1) is 10.7. The maximum absolute atomic E-state index is 10.8. The standard InChI is InChI=1S/C19H22N2O/c1-3-14(2)13-21-17-12-8-7-11-16(17)20-19(21)18(22)15-9-5-4-6-10-15/h4-12,14,18,22H,3,13H2,1-2H3. The van der Waals surface area contributed by atoms with Crippen molar-refractivity contribution in [2.45, 2.75) is 32.9 Å². The molecule has 0 saturated carbocycles. The van der Waals surface area contributed by atoms with E-state index in [1.54, 1.807) is 0 Å². The summed E-state index contributed by atoms with van der Waals surface area (Å²) in [5, 5.41) is 10.8.